The van der Waals surface area contributed by atoms with Gasteiger partial charge in [-0.2, -0.15) is 31.4 Å². The Bertz CT molecular complexity index is 1380. The number of aromatic nitrogens is 3. The molecule has 35 heavy (non-hydrogen) atoms. The number of hydrogen-bond donors (Lipinski definition) is 1. The molecule has 2 aromatic carbocycles. The van der Waals surface area contributed by atoms with Gasteiger partial charge < -0.3 is 5.32 Å². The average molecular weight is 511 g/mol. The van der Waals surface area contributed by atoms with Gasteiger partial charge >= 0.3 is 12.4 Å². The molecule has 4 rings (SSSR count). The molecule has 0 spiro atoms. The van der Waals surface area contributed by atoms with Crippen LogP contribution in [0, 0.1) is 0 Å². The lowest BCUT2D eigenvalue weighted by atomic mass is 10.1. The summed E-state index contributed by atoms with van der Waals surface area (Å²) in [6, 6.07) is 13.9. The van der Waals surface area contributed by atoms with Crippen molar-refractivity contribution in [3.8, 4) is 16.9 Å². The van der Waals surface area contributed by atoms with Gasteiger partial charge in [0.2, 0.25) is 0 Å². The Kier molecular flexibility index (Phi) is 6.28. The molecule has 4 aromatic rings. The van der Waals surface area contributed by atoms with Crippen molar-refractivity contribution in [2.45, 2.75) is 12.4 Å². The molecule has 0 unspecified atom stereocenters. The van der Waals surface area contributed by atoms with Gasteiger partial charge in [-0.1, -0.05) is 35.9 Å². The highest BCUT2D eigenvalue weighted by Gasteiger charge is 2.35. The first-order valence-corrected chi connectivity index (χ1v) is 10.2. The predicted molar refractivity (Wildman–Crippen MR) is 116 cm³/mol. The third kappa shape index (κ3) is 5.29. The van der Waals surface area contributed by atoms with E-state index in [0.29, 0.717) is 11.6 Å². The fourth-order valence-electron chi connectivity index (χ4n) is 3.19. The standard InChI is InChI=1S/C23H13ClF6N4O/c24-16-3-1-2-4-17(16)34-18(12-19(33-34)23(28,29)30)13-5-7-14(8-6-13)21(35)32-20-11-15(9-10-31-20)22(25,26)27/h1-12H,(H,31,32,35). The molecule has 0 aliphatic heterocycles. The number of hydrogen-bond acceptors (Lipinski definition) is 3. The number of carbonyl (C=O) groups excluding carboxylic acids is 1. The van der Waals surface area contributed by atoms with Gasteiger partial charge in [-0.15, -0.1) is 0 Å². The van der Waals surface area contributed by atoms with Crippen molar-refractivity contribution in [2.75, 3.05) is 5.32 Å². The maximum absolute atomic E-state index is 13.4. The Labute approximate surface area is 199 Å². The molecular formula is C23H13ClF6N4O. The van der Waals surface area contributed by atoms with Crippen LogP contribution in [0.25, 0.3) is 16.9 Å². The Morgan fingerprint density at radius 2 is 1.57 bits per heavy atom. The summed E-state index contributed by atoms with van der Waals surface area (Å²) >= 11 is 6.15. The van der Waals surface area contributed by atoms with Crippen molar-refractivity contribution < 1.29 is 31.1 Å². The SMILES string of the molecule is O=C(Nc1cc(C(F)(F)F)ccn1)c1ccc(-c2cc(C(F)(F)F)nn2-c2ccccc2Cl)cc1. The number of rotatable bonds is 4. The molecule has 0 fully saturated rings. The molecule has 0 aliphatic carbocycles. The van der Waals surface area contributed by atoms with Crippen molar-refractivity contribution >= 4 is 23.3 Å². The van der Waals surface area contributed by atoms with Crippen LogP contribution in [-0.2, 0) is 12.4 Å². The maximum Gasteiger partial charge on any atom is 0.435 e. The average Bonchev–Trinajstić information content (AvgIpc) is 3.25. The van der Waals surface area contributed by atoms with Gasteiger partial charge in [0.15, 0.2) is 5.69 Å². The second-order valence-corrected chi connectivity index (χ2v) is 7.64. The molecular weight excluding hydrogens is 498 g/mol. The summed E-state index contributed by atoms with van der Waals surface area (Å²) in [5, 5.41) is 6.10. The summed E-state index contributed by atoms with van der Waals surface area (Å²) in [6.07, 6.45) is -8.40. The highest BCUT2D eigenvalue weighted by molar-refractivity contribution is 6.32. The number of pyridine rings is 1. The molecule has 5 nitrogen and oxygen atoms in total. The third-order valence-electron chi connectivity index (χ3n) is 4.85. The van der Waals surface area contributed by atoms with E-state index < -0.39 is 29.5 Å². The Morgan fingerprint density at radius 3 is 2.20 bits per heavy atom. The predicted octanol–water partition coefficient (Wildman–Crippen LogP) is 6.88. The third-order valence-corrected chi connectivity index (χ3v) is 5.17. The van der Waals surface area contributed by atoms with E-state index in [0.717, 1.165) is 23.0 Å². The zero-order valence-electron chi connectivity index (χ0n) is 17.3. The minimum atomic E-state index is -4.71. The van der Waals surface area contributed by atoms with Crippen LogP contribution < -0.4 is 5.32 Å². The van der Waals surface area contributed by atoms with Crippen molar-refractivity contribution in [2.24, 2.45) is 0 Å². The van der Waals surface area contributed by atoms with Crippen LogP contribution in [0.4, 0.5) is 32.2 Å². The van der Waals surface area contributed by atoms with Gasteiger partial charge in [0.1, 0.15) is 5.82 Å². The number of nitrogens with one attached hydrogen (secondary N) is 1. The summed E-state index contributed by atoms with van der Waals surface area (Å²) in [5.74, 6) is -1.06. The summed E-state index contributed by atoms with van der Waals surface area (Å²) in [7, 11) is 0. The molecule has 0 saturated heterocycles. The van der Waals surface area contributed by atoms with E-state index in [1.807, 2.05) is 0 Å². The Hall–Kier alpha value is -3.86. The molecule has 1 amide bonds. The van der Waals surface area contributed by atoms with E-state index in [-0.39, 0.29) is 27.8 Å². The van der Waals surface area contributed by atoms with E-state index >= 15 is 0 Å². The van der Waals surface area contributed by atoms with Gasteiger partial charge in [0.25, 0.3) is 5.91 Å². The summed E-state index contributed by atoms with van der Waals surface area (Å²) in [6.45, 7) is 0. The first kappa shape index (κ1) is 24.3. The minimum Gasteiger partial charge on any atom is -0.307 e. The summed E-state index contributed by atoms with van der Waals surface area (Å²) < 4.78 is 79.7. The molecule has 0 aliphatic rings. The monoisotopic (exact) mass is 510 g/mol. The van der Waals surface area contributed by atoms with Gasteiger partial charge in [-0.25, -0.2) is 9.67 Å². The van der Waals surface area contributed by atoms with Crippen LogP contribution in [0.5, 0.6) is 0 Å². The smallest absolute Gasteiger partial charge is 0.307 e. The topological polar surface area (TPSA) is 59.8 Å². The molecule has 0 saturated carbocycles. The van der Waals surface area contributed by atoms with Crippen molar-refractivity contribution in [3.63, 3.8) is 0 Å². The Balaban J connectivity index is 1.65. The quantitative estimate of drug-likeness (QED) is 0.305. The highest BCUT2D eigenvalue weighted by Crippen LogP contribution is 2.35. The number of benzene rings is 2. The second kappa shape index (κ2) is 9.06. The molecule has 0 bridgehead atoms. The fraction of sp³-hybridized carbons (Fsp3) is 0.0870. The molecule has 2 aromatic heterocycles. The largest absolute Gasteiger partial charge is 0.435 e. The first-order valence-electron chi connectivity index (χ1n) is 9.81. The van der Waals surface area contributed by atoms with Gasteiger partial charge in [-0.05, 0) is 42.5 Å². The van der Waals surface area contributed by atoms with Crippen LogP contribution >= 0.6 is 11.6 Å². The van der Waals surface area contributed by atoms with Crippen LogP contribution in [0.2, 0.25) is 5.02 Å². The number of amides is 1. The van der Waals surface area contributed by atoms with Crippen LogP contribution in [-0.4, -0.2) is 20.7 Å². The van der Waals surface area contributed by atoms with Crippen molar-refractivity contribution in [1.29, 1.82) is 0 Å². The van der Waals surface area contributed by atoms with Gasteiger partial charge in [0.05, 0.1) is 22.0 Å². The van der Waals surface area contributed by atoms with Crippen LogP contribution in [0.15, 0.2) is 72.9 Å². The molecule has 12 heteroatoms. The zero-order chi connectivity index (χ0) is 25.4. The van der Waals surface area contributed by atoms with Crippen molar-refractivity contribution in [1.82, 2.24) is 14.8 Å². The van der Waals surface area contributed by atoms with Gasteiger partial charge in [0, 0.05) is 17.3 Å². The maximum atomic E-state index is 13.4. The number of nitrogens with zero attached hydrogens (tertiary/aromatic N) is 3. The number of alkyl halides is 6. The zero-order valence-corrected chi connectivity index (χ0v) is 18.1. The Morgan fingerprint density at radius 1 is 0.886 bits per heavy atom. The molecule has 2 heterocycles. The lowest BCUT2D eigenvalue weighted by molar-refractivity contribution is -0.141. The molecule has 1 N–H and O–H groups in total. The molecule has 180 valence electrons. The fourth-order valence-corrected chi connectivity index (χ4v) is 3.40. The van der Waals surface area contributed by atoms with E-state index in [1.54, 1.807) is 12.1 Å². The highest BCUT2D eigenvalue weighted by atomic mass is 35.5. The minimum absolute atomic E-state index is 0.0489. The first-order chi connectivity index (χ1) is 16.4. The number of anilines is 1. The normalized spacial score (nSPS) is 12.0. The molecule has 0 radical (unpaired) electrons. The van der Waals surface area contributed by atoms with E-state index in [2.05, 4.69) is 15.4 Å². The van der Waals surface area contributed by atoms with Crippen LogP contribution in [0.3, 0.4) is 0 Å². The number of halogens is 7. The lowest BCUT2D eigenvalue weighted by Gasteiger charge is -2.11. The van der Waals surface area contributed by atoms with Crippen molar-refractivity contribution in [3.05, 3.63) is 94.8 Å². The molecule has 0 atom stereocenters. The summed E-state index contributed by atoms with van der Waals surface area (Å²) in [4.78, 5) is 16.2. The van der Waals surface area contributed by atoms with Crippen LogP contribution in [0.1, 0.15) is 21.6 Å². The second-order valence-electron chi connectivity index (χ2n) is 7.23. The summed E-state index contributed by atoms with van der Waals surface area (Å²) in [5.41, 5.74) is -1.49. The van der Waals surface area contributed by atoms with E-state index in [9.17, 15) is 31.1 Å². The van der Waals surface area contributed by atoms with E-state index in [4.69, 9.17) is 11.6 Å². The number of carbonyl (C=O) groups is 1. The van der Waals surface area contributed by atoms with Gasteiger partial charge in [-0.3, -0.25) is 4.79 Å². The number of para-hydroxylation sites is 1. The van der Waals surface area contributed by atoms with E-state index in [1.165, 1.54) is 36.4 Å². The lowest BCUT2D eigenvalue weighted by Crippen LogP contribution is -2.14.